The van der Waals surface area contributed by atoms with Crippen molar-refractivity contribution in [2.75, 3.05) is 26.1 Å². The van der Waals surface area contributed by atoms with Crippen LogP contribution in [-0.4, -0.2) is 21.2 Å². The van der Waals surface area contributed by atoms with Gasteiger partial charge < -0.3 is 14.1 Å². The third-order valence-corrected chi connectivity index (χ3v) is 4.58. The maximum Gasteiger partial charge on any atom is 0.228 e. The van der Waals surface area contributed by atoms with Gasteiger partial charge in [0.15, 0.2) is 5.42 Å². The Morgan fingerprint density at radius 3 is 2.42 bits per heavy atom. The summed E-state index contributed by atoms with van der Waals surface area (Å²) in [6.45, 7) is 0. The van der Waals surface area contributed by atoms with Gasteiger partial charge in [-0.25, -0.2) is 0 Å². The van der Waals surface area contributed by atoms with E-state index in [0.29, 0.717) is 16.4 Å². The predicted molar refractivity (Wildman–Crippen MR) is 106 cm³/mol. The summed E-state index contributed by atoms with van der Waals surface area (Å²) in [6, 6.07) is 17.3. The topological polar surface area (TPSA) is 42.7 Å². The molecule has 26 heavy (non-hydrogen) atoms. The molecule has 0 unspecified atom stereocenters. The van der Waals surface area contributed by atoms with Gasteiger partial charge in [0.1, 0.15) is 11.3 Å². The SMILES string of the molecule is COc1ccc2c(=O)/c(=C/c3ccc(N(C)C)cc3)oc3cccc1c32. The molecule has 4 aromatic rings. The van der Waals surface area contributed by atoms with E-state index in [1.807, 2.05) is 67.5 Å². The first-order valence-corrected chi connectivity index (χ1v) is 8.40. The number of nitrogens with zero attached hydrogens (tertiary/aromatic N) is 1. The van der Waals surface area contributed by atoms with Gasteiger partial charge in [-0.1, -0.05) is 24.3 Å². The Hall–Kier alpha value is -3.27. The van der Waals surface area contributed by atoms with E-state index in [1.54, 1.807) is 19.3 Å². The molecule has 0 bridgehead atoms. The average molecular weight is 345 g/mol. The molecule has 4 heteroatoms. The lowest BCUT2D eigenvalue weighted by Gasteiger charge is -2.11. The van der Waals surface area contributed by atoms with E-state index in [0.717, 1.165) is 27.8 Å². The fraction of sp³-hybridized carbons (Fsp3) is 0.136. The molecule has 1 heterocycles. The predicted octanol–water partition coefficient (Wildman–Crippen LogP) is 3.57. The van der Waals surface area contributed by atoms with Crippen LogP contribution in [0, 0.1) is 0 Å². The molecule has 0 aliphatic carbocycles. The van der Waals surface area contributed by atoms with Crippen LogP contribution in [0.25, 0.3) is 27.8 Å². The number of rotatable bonds is 3. The molecule has 0 amide bonds. The molecule has 0 saturated heterocycles. The van der Waals surface area contributed by atoms with Crippen molar-refractivity contribution in [3.63, 3.8) is 0 Å². The van der Waals surface area contributed by atoms with Crippen LogP contribution in [0.15, 0.2) is 63.8 Å². The molecule has 130 valence electrons. The van der Waals surface area contributed by atoms with Crippen molar-refractivity contribution in [1.82, 2.24) is 0 Å². The molecular formula is C22H19NO3. The summed E-state index contributed by atoms with van der Waals surface area (Å²) in [7, 11) is 5.61. The summed E-state index contributed by atoms with van der Waals surface area (Å²) in [5.41, 5.74) is 2.90. The number of hydrogen-bond acceptors (Lipinski definition) is 4. The van der Waals surface area contributed by atoms with E-state index in [4.69, 9.17) is 9.15 Å². The van der Waals surface area contributed by atoms with Gasteiger partial charge in [0, 0.05) is 35.9 Å². The van der Waals surface area contributed by atoms with Crippen LogP contribution in [0.4, 0.5) is 5.69 Å². The van der Waals surface area contributed by atoms with Crippen molar-refractivity contribution in [2.24, 2.45) is 0 Å². The van der Waals surface area contributed by atoms with Gasteiger partial charge in [0.25, 0.3) is 0 Å². The van der Waals surface area contributed by atoms with Gasteiger partial charge in [0.2, 0.25) is 5.43 Å². The largest absolute Gasteiger partial charge is 0.496 e. The van der Waals surface area contributed by atoms with E-state index < -0.39 is 0 Å². The zero-order chi connectivity index (χ0) is 18.3. The van der Waals surface area contributed by atoms with Crippen LogP contribution in [-0.2, 0) is 0 Å². The van der Waals surface area contributed by atoms with Crippen LogP contribution in [0.2, 0.25) is 0 Å². The van der Waals surface area contributed by atoms with Gasteiger partial charge in [0.05, 0.1) is 7.11 Å². The standard InChI is InChI=1S/C22H19NO3/c1-23(2)15-9-7-14(8-10-15)13-20-22(24)17-11-12-18(25-3)16-5-4-6-19(26-20)21(16)17/h4-13H,1-3H3/b20-13-. The molecular weight excluding hydrogens is 326 g/mol. The summed E-state index contributed by atoms with van der Waals surface area (Å²) in [4.78, 5) is 15.0. The van der Waals surface area contributed by atoms with Crippen molar-refractivity contribution >= 4 is 33.5 Å². The lowest BCUT2D eigenvalue weighted by Crippen LogP contribution is -2.24. The molecule has 1 aromatic heterocycles. The first-order chi connectivity index (χ1) is 12.6. The Morgan fingerprint density at radius 2 is 1.73 bits per heavy atom. The number of benzene rings is 3. The fourth-order valence-corrected chi connectivity index (χ4v) is 3.21. The van der Waals surface area contributed by atoms with E-state index in [1.165, 1.54) is 0 Å². The smallest absolute Gasteiger partial charge is 0.228 e. The van der Waals surface area contributed by atoms with E-state index in [9.17, 15) is 4.79 Å². The summed E-state index contributed by atoms with van der Waals surface area (Å²) >= 11 is 0. The number of ether oxygens (including phenoxy) is 1. The Morgan fingerprint density at radius 1 is 0.962 bits per heavy atom. The second kappa shape index (κ2) is 6.23. The zero-order valence-electron chi connectivity index (χ0n) is 14.9. The van der Waals surface area contributed by atoms with E-state index >= 15 is 0 Å². The molecule has 0 aliphatic rings. The van der Waals surface area contributed by atoms with Crippen molar-refractivity contribution in [3.8, 4) is 5.75 Å². The minimum atomic E-state index is -0.118. The van der Waals surface area contributed by atoms with Gasteiger partial charge in [-0.15, -0.1) is 0 Å². The Kier molecular flexibility index (Phi) is 3.88. The van der Waals surface area contributed by atoms with Crippen LogP contribution < -0.4 is 20.5 Å². The fourth-order valence-electron chi connectivity index (χ4n) is 3.21. The van der Waals surface area contributed by atoms with Crippen molar-refractivity contribution < 1.29 is 9.15 Å². The summed E-state index contributed by atoms with van der Waals surface area (Å²) < 4.78 is 11.4. The highest BCUT2D eigenvalue weighted by molar-refractivity contribution is 6.09. The Bertz CT molecular complexity index is 1200. The number of hydrogen-bond donors (Lipinski definition) is 0. The van der Waals surface area contributed by atoms with Crippen molar-refractivity contribution in [2.45, 2.75) is 0 Å². The van der Waals surface area contributed by atoms with Crippen LogP contribution in [0.3, 0.4) is 0 Å². The van der Waals surface area contributed by atoms with Crippen molar-refractivity contribution in [1.29, 1.82) is 0 Å². The lowest BCUT2D eigenvalue weighted by molar-refractivity contribution is 0.420. The van der Waals surface area contributed by atoms with Gasteiger partial charge in [-0.3, -0.25) is 4.79 Å². The third kappa shape index (κ3) is 2.60. The quantitative estimate of drug-likeness (QED) is 0.569. The molecule has 0 radical (unpaired) electrons. The molecule has 0 N–H and O–H groups in total. The molecule has 0 spiro atoms. The zero-order valence-corrected chi connectivity index (χ0v) is 14.9. The third-order valence-electron chi connectivity index (χ3n) is 4.58. The van der Waals surface area contributed by atoms with Crippen molar-refractivity contribution in [3.05, 3.63) is 75.8 Å². The van der Waals surface area contributed by atoms with Gasteiger partial charge in [-0.05, 0) is 42.0 Å². The monoisotopic (exact) mass is 345 g/mol. The first-order valence-electron chi connectivity index (χ1n) is 8.40. The highest BCUT2D eigenvalue weighted by Crippen LogP contribution is 2.31. The number of anilines is 1. The van der Waals surface area contributed by atoms with E-state index in [-0.39, 0.29) is 5.43 Å². The van der Waals surface area contributed by atoms with Crippen LogP contribution in [0.1, 0.15) is 5.56 Å². The highest BCUT2D eigenvalue weighted by Gasteiger charge is 2.12. The molecule has 4 nitrogen and oxygen atoms in total. The average Bonchev–Trinajstić information content (AvgIpc) is 2.66. The molecule has 0 atom stereocenters. The molecule has 0 saturated carbocycles. The number of methoxy groups -OCH3 is 1. The molecule has 3 aromatic carbocycles. The van der Waals surface area contributed by atoms with Crippen LogP contribution >= 0.6 is 0 Å². The minimum Gasteiger partial charge on any atom is -0.496 e. The molecule has 0 fully saturated rings. The maximum atomic E-state index is 12.9. The summed E-state index contributed by atoms with van der Waals surface area (Å²) in [6.07, 6.45) is 1.79. The first kappa shape index (κ1) is 16.2. The Labute approximate surface area is 150 Å². The normalized spacial score (nSPS) is 12.0. The summed E-state index contributed by atoms with van der Waals surface area (Å²) in [5.74, 6) is 0.730. The second-order valence-electron chi connectivity index (χ2n) is 6.42. The highest BCUT2D eigenvalue weighted by atomic mass is 16.5. The lowest BCUT2D eigenvalue weighted by atomic mass is 10.0. The molecule has 0 aliphatic heterocycles. The summed E-state index contributed by atoms with van der Waals surface area (Å²) in [5, 5.41) is 2.32. The maximum absolute atomic E-state index is 12.9. The Balaban J connectivity index is 1.97. The van der Waals surface area contributed by atoms with Gasteiger partial charge >= 0.3 is 0 Å². The van der Waals surface area contributed by atoms with Gasteiger partial charge in [-0.2, -0.15) is 0 Å². The second-order valence-corrected chi connectivity index (χ2v) is 6.42. The van der Waals surface area contributed by atoms with E-state index in [2.05, 4.69) is 0 Å². The minimum absolute atomic E-state index is 0.118. The molecule has 4 rings (SSSR count). The van der Waals surface area contributed by atoms with Crippen LogP contribution in [0.5, 0.6) is 5.75 Å².